The van der Waals surface area contributed by atoms with Gasteiger partial charge < -0.3 is 25.2 Å². The molecule has 1 aromatic carbocycles. The smallest absolute Gasteiger partial charge is 0.433 e. The lowest BCUT2D eigenvalue weighted by Crippen LogP contribution is -2.42. The predicted octanol–water partition coefficient (Wildman–Crippen LogP) is 3.15. The van der Waals surface area contributed by atoms with Crippen molar-refractivity contribution in [1.82, 2.24) is 15.6 Å². The van der Waals surface area contributed by atoms with Crippen LogP contribution in [-0.2, 0) is 15.8 Å². The van der Waals surface area contributed by atoms with Crippen molar-refractivity contribution in [1.29, 1.82) is 0 Å². The summed E-state index contributed by atoms with van der Waals surface area (Å²) in [5.41, 5.74) is -0.257. The van der Waals surface area contributed by atoms with Gasteiger partial charge in [-0.3, -0.25) is 9.59 Å². The average Bonchev–Trinajstić information content (AvgIpc) is 2.77. The van der Waals surface area contributed by atoms with E-state index in [9.17, 15) is 27.9 Å². The number of carbonyl (C=O) groups is 2. The summed E-state index contributed by atoms with van der Waals surface area (Å²) in [4.78, 5) is 27.5. The number of nitrogens with zero attached hydrogens (tertiary/aromatic N) is 1. The molecule has 1 aliphatic rings. The van der Waals surface area contributed by atoms with E-state index in [4.69, 9.17) is 21.1 Å². The van der Waals surface area contributed by atoms with E-state index in [0.29, 0.717) is 22.0 Å². The zero-order valence-electron chi connectivity index (χ0n) is 17.7. The molecule has 12 heteroatoms. The summed E-state index contributed by atoms with van der Waals surface area (Å²) in [6.45, 7) is 3.37. The molecule has 0 spiro atoms. The van der Waals surface area contributed by atoms with Gasteiger partial charge in [-0.1, -0.05) is 18.2 Å². The molecular weight excluding hydrogens is 479 g/mol. The summed E-state index contributed by atoms with van der Waals surface area (Å²) in [6.07, 6.45) is -5.21. The number of aromatic nitrogens is 1. The quantitative estimate of drug-likeness (QED) is 0.515. The van der Waals surface area contributed by atoms with E-state index >= 15 is 0 Å². The number of hydrogen-bond donors (Lipinski definition) is 3. The molecule has 2 amide bonds. The molecule has 0 fully saturated rings. The molecule has 0 radical (unpaired) electrons. The Morgan fingerprint density at radius 1 is 1.29 bits per heavy atom. The number of carbonyl (C=O) groups excluding carboxylic acids is 2. The zero-order valence-corrected chi connectivity index (χ0v) is 18.4. The highest BCUT2D eigenvalue weighted by atomic mass is 35.5. The van der Waals surface area contributed by atoms with Crippen LogP contribution in [0.4, 0.5) is 13.2 Å². The first-order chi connectivity index (χ1) is 16.0. The molecule has 0 saturated heterocycles. The second-order valence-corrected chi connectivity index (χ2v) is 7.83. The molecule has 0 aliphatic carbocycles. The number of amides is 2. The number of aliphatic hydroxyl groups excluding tert-OH is 1. The summed E-state index contributed by atoms with van der Waals surface area (Å²) in [7, 11) is 0. The van der Waals surface area contributed by atoms with Gasteiger partial charge in [-0.25, -0.2) is 4.98 Å². The molecule has 1 aromatic heterocycles. The molecule has 0 unspecified atom stereocenters. The van der Waals surface area contributed by atoms with Gasteiger partial charge in [-0.2, -0.15) is 13.2 Å². The third kappa shape index (κ3) is 6.84. The lowest BCUT2D eigenvalue weighted by Gasteiger charge is -2.29. The number of fused-ring (bicyclic) bond motifs is 1. The van der Waals surface area contributed by atoms with Crippen molar-refractivity contribution in [2.75, 3.05) is 13.2 Å². The molecule has 34 heavy (non-hydrogen) atoms. The van der Waals surface area contributed by atoms with Gasteiger partial charge in [-0.15, -0.1) is 0 Å². The number of nitrogens with one attached hydrogen (secondary N) is 2. The van der Waals surface area contributed by atoms with Crippen molar-refractivity contribution >= 4 is 23.4 Å². The number of pyridine rings is 1. The number of ether oxygens (including phenoxy) is 2. The maximum absolute atomic E-state index is 12.5. The van der Waals surface area contributed by atoms with Crippen molar-refractivity contribution in [3.8, 4) is 11.5 Å². The van der Waals surface area contributed by atoms with Gasteiger partial charge in [-0.05, 0) is 30.3 Å². The molecule has 0 saturated carbocycles. The molecule has 2 aromatic rings. The SMILES string of the molecule is C=C(CCNC(=O)[C@H]1C[C@@H](O)c2cc(Cl)ccc2O1)NC(=O)COc1ccc(C(F)(F)F)nc1. The standard InChI is InChI=1S/C22H21ClF3N3O5/c1-12(29-20(31)11-33-14-3-5-19(28-10-14)22(24,25)26)6-7-27-21(32)18-9-16(30)15-8-13(23)2-4-17(15)34-18/h2-5,8,10,16,18,30H,1,6-7,9,11H2,(H,27,32)(H,29,31)/t16-,18-/m1/s1. The highest BCUT2D eigenvalue weighted by Crippen LogP contribution is 2.36. The average molecular weight is 500 g/mol. The van der Waals surface area contributed by atoms with Gasteiger partial charge in [0.15, 0.2) is 12.7 Å². The molecule has 3 N–H and O–H groups in total. The molecule has 0 bridgehead atoms. The van der Waals surface area contributed by atoms with E-state index in [0.717, 1.165) is 18.3 Å². The summed E-state index contributed by atoms with van der Waals surface area (Å²) in [5.74, 6) is -0.634. The maximum atomic E-state index is 12.5. The molecule has 182 valence electrons. The van der Waals surface area contributed by atoms with Gasteiger partial charge >= 0.3 is 6.18 Å². The zero-order chi connectivity index (χ0) is 24.9. The van der Waals surface area contributed by atoms with Crippen molar-refractivity contribution in [2.45, 2.75) is 31.2 Å². The van der Waals surface area contributed by atoms with Crippen molar-refractivity contribution < 1.29 is 37.3 Å². The topological polar surface area (TPSA) is 110 Å². The number of aliphatic hydroxyl groups is 1. The van der Waals surface area contributed by atoms with Crippen LogP contribution in [0.2, 0.25) is 5.02 Å². The van der Waals surface area contributed by atoms with Crippen molar-refractivity contribution in [3.63, 3.8) is 0 Å². The fraction of sp³-hybridized carbons (Fsp3) is 0.318. The van der Waals surface area contributed by atoms with Gasteiger partial charge in [0.25, 0.3) is 11.8 Å². The monoisotopic (exact) mass is 499 g/mol. The van der Waals surface area contributed by atoms with Crippen molar-refractivity contribution in [2.24, 2.45) is 0 Å². The Morgan fingerprint density at radius 2 is 2.06 bits per heavy atom. The first-order valence-corrected chi connectivity index (χ1v) is 10.5. The fourth-order valence-corrected chi connectivity index (χ4v) is 3.29. The summed E-state index contributed by atoms with van der Waals surface area (Å²) < 4.78 is 48.2. The Labute approximate surface area is 197 Å². The number of hydrogen-bond acceptors (Lipinski definition) is 6. The van der Waals surface area contributed by atoms with Crippen LogP contribution in [0.3, 0.4) is 0 Å². The summed E-state index contributed by atoms with van der Waals surface area (Å²) in [5, 5.41) is 15.8. The predicted molar refractivity (Wildman–Crippen MR) is 115 cm³/mol. The highest BCUT2D eigenvalue weighted by Gasteiger charge is 2.32. The Bertz CT molecular complexity index is 1060. The molecule has 1 aliphatic heterocycles. The number of halogens is 4. The van der Waals surface area contributed by atoms with Crippen LogP contribution in [0.5, 0.6) is 11.5 Å². The largest absolute Gasteiger partial charge is 0.482 e. The van der Waals surface area contributed by atoms with Crippen LogP contribution in [0.1, 0.15) is 30.2 Å². The van der Waals surface area contributed by atoms with Crippen LogP contribution in [0, 0.1) is 0 Å². The van der Waals surface area contributed by atoms with Crippen LogP contribution in [-0.4, -0.2) is 41.2 Å². The van der Waals surface area contributed by atoms with Gasteiger partial charge in [0.05, 0.1) is 12.3 Å². The van der Waals surface area contributed by atoms with Crippen LogP contribution >= 0.6 is 11.6 Å². The second-order valence-electron chi connectivity index (χ2n) is 7.40. The van der Waals surface area contributed by atoms with Crippen LogP contribution < -0.4 is 20.1 Å². The normalized spacial score (nSPS) is 17.2. The first-order valence-electron chi connectivity index (χ1n) is 10.1. The van der Waals surface area contributed by atoms with Gasteiger partial charge in [0, 0.05) is 35.7 Å². The third-order valence-corrected chi connectivity index (χ3v) is 5.00. The summed E-state index contributed by atoms with van der Waals surface area (Å²) >= 11 is 5.91. The van der Waals surface area contributed by atoms with E-state index in [-0.39, 0.29) is 25.1 Å². The highest BCUT2D eigenvalue weighted by molar-refractivity contribution is 6.30. The lowest BCUT2D eigenvalue weighted by molar-refractivity contribution is -0.141. The van der Waals surface area contributed by atoms with Crippen LogP contribution in [0.25, 0.3) is 0 Å². The minimum Gasteiger partial charge on any atom is -0.482 e. The molecule has 3 rings (SSSR count). The van der Waals surface area contributed by atoms with E-state index in [1.54, 1.807) is 18.2 Å². The first kappa shape index (κ1) is 25.3. The van der Waals surface area contributed by atoms with Gasteiger partial charge in [0.1, 0.15) is 17.2 Å². The summed E-state index contributed by atoms with van der Waals surface area (Å²) in [6, 6.07) is 6.57. The third-order valence-electron chi connectivity index (χ3n) is 4.77. The molecular formula is C22H21ClF3N3O5. The minimum absolute atomic E-state index is 0.000426. The molecule has 8 nitrogen and oxygen atoms in total. The fourth-order valence-electron chi connectivity index (χ4n) is 3.11. The maximum Gasteiger partial charge on any atom is 0.433 e. The molecule has 2 atom stereocenters. The Balaban J connectivity index is 1.37. The Hall–Kier alpha value is -3.31. The number of benzene rings is 1. The van der Waals surface area contributed by atoms with Crippen molar-refractivity contribution in [3.05, 3.63) is 65.1 Å². The lowest BCUT2D eigenvalue weighted by atomic mass is 9.98. The van der Waals surface area contributed by atoms with E-state index in [1.165, 1.54) is 0 Å². The van der Waals surface area contributed by atoms with Crippen LogP contribution in [0.15, 0.2) is 48.8 Å². The Morgan fingerprint density at radius 3 is 2.74 bits per heavy atom. The van der Waals surface area contributed by atoms with Gasteiger partial charge in [0.2, 0.25) is 0 Å². The van der Waals surface area contributed by atoms with E-state index in [2.05, 4.69) is 22.2 Å². The van der Waals surface area contributed by atoms with E-state index < -0.39 is 42.5 Å². The molecule has 2 heterocycles. The van der Waals surface area contributed by atoms with E-state index in [1.807, 2.05) is 0 Å². The Kier molecular flexibility index (Phi) is 8.00. The number of rotatable bonds is 8. The minimum atomic E-state index is -4.56. The second kappa shape index (κ2) is 10.7. The number of alkyl halides is 3.